The zero-order chi connectivity index (χ0) is 18.1. The molecule has 128 valence electrons. The number of alkyl halides is 3. The maximum Gasteiger partial charge on any atom is 0.421 e. The van der Waals surface area contributed by atoms with Crippen molar-refractivity contribution in [3.8, 4) is 6.07 Å². The smallest absolute Gasteiger partial charge is 0.372 e. The van der Waals surface area contributed by atoms with Gasteiger partial charge in [0.2, 0.25) is 5.95 Å². The Morgan fingerprint density at radius 3 is 2.50 bits per heavy atom. The van der Waals surface area contributed by atoms with E-state index in [0.717, 1.165) is 11.3 Å². The Hall–Kier alpha value is -2.12. The molecule has 0 aromatic carbocycles. The third-order valence-electron chi connectivity index (χ3n) is 2.96. The molecule has 0 bridgehead atoms. The minimum atomic E-state index is -4.57. The molecule has 0 aliphatic heterocycles. The number of thiazole rings is 1. The zero-order valence-electron chi connectivity index (χ0n) is 12.8. The van der Waals surface area contributed by atoms with E-state index in [1.54, 1.807) is 13.8 Å². The van der Waals surface area contributed by atoms with E-state index in [0.29, 0.717) is 16.2 Å². The standard InChI is InChI=1S/C13H12ClF3N6S/c1-12(2,5-18)10-21-7(14)9(24-10)23-11-20-4-6(13(15,16)17)8(19-3)22-11/h4H,1-3H3,(H2,19,20,22,23). The fraction of sp³-hybridized carbons (Fsp3) is 0.385. The normalized spacial score (nSPS) is 11.9. The first kappa shape index (κ1) is 18.2. The largest absolute Gasteiger partial charge is 0.421 e. The Kier molecular flexibility index (Phi) is 4.87. The van der Waals surface area contributed by atoms with E-state index in [1.165, 1.54) is 7.05 Å². The molecule has 2 N–H and O–H groups in total. The molecule has 24 heavy (non-hydrogen) atoms. The summed E-state index contributed by atoms with van der Waals surface area (Å²) < 4.78 is 38.5. The molecule has 0 aliphatic carbocycles. The van der Waals surface area contributed by atoms with Crippen LogP contribution in [0.3, 0.4) is 0 Å². The van der Waals surface area contributed by atoms with E-state index in [2.05, 4.69) is 31.7 Å². The van der Waals surface area contributed by atoms with Crippen LogP contribution in [0, 0.1) is 11.3 Å². The van der Waals surface area contributed by atoms with Gasteiger partial charge in [-0.2, -0.15) is 23.4 Å². The number of hydrogen-bond donors (Lipinski definition) is 2. The SMILES string of the molecule is CNc1nc(Nc2sc(C(C)(C)C#N)nc2Cl)ncc1C(F)(F)F. The maximum atomic E-state index is 12.8. The van der Waals surface area contributed by atoms with Gasteiger partial charge in [0, 0.05) is 13.2 Å². The van der Waals surface area contributed by atoms with Crippen molar-refractivity contribution in [2.24, 2.45) is 0 Å². The van der Waals surface area contributed by atoms with Gasteiger partial charge in [-0.05, 0) is 13.8 Å². The van der Waals surface area contributed by atoms with Gasteiger partial charge in [0.25, 0.3) is 0 Å². The summed E-state index contributed by atoms with van der Waals surface area (Å²) in [6, 6.07) is 2.10. The van der Waals surface area contributed by atoms with Crippen molar-refractivity contribution in [2.45, 2.75) is 25.4 Å². The van der Waals surface area contributed by atoms with Crippen molar-refractivity contribution in [3.05, 3.63) is 21.9 Å². The summed E-state index contributed by atoms with van der Waals surface area (Å²) in [5, 5.41) is 15.1. The van der Waals surface area contributed by atoms with Gasteiger partial charge in [-0.3, -0.25) is 0 Å². The van der Waals surface area contributed by atoms with Gasteiger partial charge in [-0.15, -0.1) is 0 Å². The second kappa shape index (κ2) is 6.41. The Morgan fingerprint density at radius 2 is 1.96 bits per heavy atom. The monoisotopic (exact) mass is 376 g/mol. The second-order valence-electron chi connectivity index (χ2n) is 5.20. The lowest BCUT2D eigenvalue weighted by molar-refractivity contribution is -0.137. The third kappa shape index (κ3) is 3.68. The molecule has 2 rings (SSSR count). The first-order chi connectivity index (χ1) is 11.1. The molecule has 0 aliphatic rings. The number of aromatic nitrogens is 3. The van der Waals surface area contributed by atoms with E-state index < -0.39 is 17.2 Å². The molecule has 2 heterocycles. The van der Waals surface area contributed by atoms with Gasteiger partial charge in [0.15, 0.2) is 5.15 Å². The van der Waals surface area contributed by atoms with E-state index in [4.69, 9.17) is 16.9 Å². The summed E-state index contributed by atoms with van der Waals surface area (Å²) in [5.74, 6) is -0.433. The molecule has 0 unspecified atom stereocenters. The molecule has 2 aromatic rings. The average molecular weight is 377 g/mol. The van der Waals surface area contributed by atoms with Crippen LogP contribution in [0.5, 0.6) is 0 Å². The lowest BCUT2D eigenvalue weighted by atomic mass is 9.97. The number of nitrogens with one attached hydrogen (secondary N) is 2. The number of halogens is 4. The maximum absolute atomic E-state index is 12.8. The number of nitriles is 1. The Labute approximate surface area is 144 Å². The summed E-state index contributed by atoms with van der Waals surface area (Å²) in [5.41, 5.74) is -1.82. The predicted octanol–water partition coefficient (Wildman–Crippen LogP) is 4.19. The van der Waals surface area contributed by atoms with Crippen LogP contribution in [0.4, 0.5) is 29.9 Å². The van der Waals surface area contributed by atoms with Crippen LogP contribution in [-0.4, -0.2) is 22.0 Å². The first-order valence-electron chi connectivity index (χ1n) is 6.55. The average Bonchev–Trinajstić information content (AvgIpc) is 2.88. The lowest BCUT2D eigenvalue weighted by Crippen LogP contribution is -2.13. The molecule has 0 saturated carbocycles. The summed E-state index contributed by atoms with van der Waals surface area (Å²) in [6.45, 7) is 3.36. The minimum Gasteiger partial charge on any atom is -0.372 e. The highest BCUT2D eigenvalue weighted by Gasteiger charge is 2.35. The zero-order valence-corrected chi connectivity index (χ0v) is 14.4. The quantitative estimate of drug-likeness (QED) is 0.832. The molecule has 0 atom stereocenters. The molecule has 0 spiro atoms. The van der Waals surface area contributed by atoms with Crippen molar-refractivity contribution < 1.29 is 13.2 Å². The van der Waals surface area contributed by atoms with Crippen LogP contribution >= 0.6 is 22.9 Å². The third-order valence-corrected chi connectivity index (χ3v) is 4.64. The van der Waals surface area contributed by atoms with Gasteiger partial charge in [0.1, 0.15) is 26.8 Å². The van der Waals surface area contributed by atoms with E-state index >= 15 is 0 Å². The van der Waals surface area contributed by atoms with Crippen molar-refractivity contribution in [2.75, 3.05) is 17.7 Å². The van der Waals surface area contributed by atoms with Crippen LogP contribution < -0.4 is 10.6 Å². The highest BCUT2D eigenvalue weighted by Crippen LogP contribution is 2.38. The van der Waals surface area contributed by atoms with Crippen molar-refractivity contribution in [3.63, 3.8) is 0 Å². The van der Waals surface area contributed by atoms with Gasteiger partial charge in [0.05, 0.1) is 6.07 Å². The molecule has 11 heteroatoms. The minimum absolute atomic E-state index is 0.0702. The lowest BCUT2D eigenvalue weighted by Gasteiger charge is -2.12. The molecule has 0 fully saturated rings. The Balaban J connectivity index is 2.35. The van der Waals surface area contributed by atoms with Crippen molar-refractivity contribution in [1.82, 2.24) is 15.0 Å². The van der Waals surface area contributed by atoms with Gasteiger partial charge >= 0.3 is 6.18 Å². The second-order valence-corrected chi connectivity index (χ2v) is 6.56. The predicted molar refractivity (Wildman–Crippen MR) is 85.6 cm³/mol. The van der Waals surface area contributed by atoms with Crippen LogP contribution in [-0.2, 0) is 11.6 Å². The van der Waals surface area contributed by atoms with E-state index in [9.17, 15) is 13.2 Å². The van der Waals surface area contributed by atoms with E-state index in [1.807, 2.05) is 0 Å². The number of nitrogens with zero attached hydrogens (tertiary/aromatic N) is 4. The fourth-order valence-corrected chi connectivity index (χ4v) is 2.84. The Bertz CT molecular complexity index is 796. The van der Waals surface area contributed by atoms with E-state index in [-0.39, 0.29) is 16.9 Å². The van der Waals surface area contributed by atoms with Crippen molar-refractivity contribution >= 4 is 39.7 Å². The highest BCUT2D eigenvalue weighted by molar-refractivity contribution is 7.16. The summed E-state index contributed by atoms with van der Waals surface area (Å²) in [6.07, 6.45) is -3.89. The van der Waals surface area contributed by atoms with Gasteiger partial charge < -0.3 is 10.6 Å². The van der Waals surface area contributed by atoms with Gasteiger partial charge in [-0.1, -0.05) is 22.9 Å². The molecule has 6 nitrogen and oxygen atoms in total. The molecular weight excluding hydrogens is 365 g/mol. The highest BCUT2D eigenvalue weighted by atomic mass is 35.5. The molecular formula is C13H12ClF3N6S. The summed E-state index contributed by atoms with van der Waals surface area (Å²) in [4.78, 5) is 11.5. The topological polar surface area (TPSA) is 86.5 Å². The van der Waals surface area contributed by atoms with Crippen LogP contribution in [0.1, 0.15) is 24.4 Å². The molecule has 0 saturated heterocycles. The molecule has 0 amide bonds. The summed E-state index contributed by atoms with van der Waals surface area (Å²) >= 11 is 7.12. The summed E-state index contributed by atoms with van der Waals surface area (Å²) in [7, 11) is 1.33. The number of rotatable bonds is 4. The van der Waals surface area contributed by atoms with Crippen LogP contribution in [0.15, 0.2) is 6.20 Å². The van der Waals surface area contributed by atoms with Crippen molar-refractivity contribution in [1.29, 1.82) is 5.26 Å². The fourth-order valence-electron chi connectivity index (χ4n) is 1.64. The molecule has 2 aromatic heterocycles. The van der Waals surface area contributed by atoms with Crippen LogP contribution in [0.2, 0.25) is 5.15 Å². The number of hydrogen-bond acceptors (Lipinski definition) is 7. The molecule has 0 radical (unpaired) electrons. The number of anilines is 3. The Morgan fingerprint density at radius 1 is 1.29 bits per heavy atom. The van der Waals surface area contributed by atoms with Crippen LogP contribution in [0.25, 0.3) is 0 Å². The first-order valence-corrected chi connectivity index (χ1v) is 7.75. The van der Waals surface area contributed by atoms with Gasteiger partial charge in [-0.25, -0.2) is 9.97 Å².